The van der Waals surface area contributed by atoms with E-state index in [1.807, 2.05) is 4.90 Å². The van der Waals surface area contributed by atoms with E-state index in [2.05, 4.69) is 25.1 Å². The molecule has 0 saturated carbocycles. The van der Waals surface area contributed by atoms with Crippen LogP contribution in [-0.4, -0.2) is 57.9 Å². The first kappa shape index (κ1) is 30.7. The number of benzene rings is 1. The summed E-state index contributed by atoms with van der Waals surface area (Å²) in [5.74, 6) is -0.754. The Bertz CT molecular complexity index is 1910. The Balaban J connectivity index is 1.44. The van der Waals surface area contributed by atoms with Crippen molar-refractivity contribution in [3.63, 3.8) is 0 Å². The summed E-state index contributed by atoms with van der Waals surface area (Å²) in [6, 6.07) is 6.65. The molecule has 1 aliphatic rings. The van der Waals surface area contributed by atoms with Crippen LogP contribution < -0.4 is 4.74 Å². The third-order valence-electron chi connectivity index (χ3n) is 7.71. The molecule has 0 spiro atoms. The molecule has 5 heterocycles. The minimum atomic E-state index is -4.76. The SMILES string of the molecule is COc1nc2ccc(C(O)(c3ccnc(C(F)(F)F)c3)c3cncn3C)cc2c(Cl)c1CN1CCn2c(nnc2C(F)(F)F)C1. The van der Waals surface area contributed by atoms with E-state index in [9.17, 15) is 31.4 Å². The molecule has 1 aromatic carbocycles. The van der Waals surface area contributed by atoms with Crippen LogP contribution in [0.25, 0.3) is 10.9 Å². The van der Waals surface area contributed by atoms with Gasteiger partial charge in [0, 0.05) is 43.8 Å². The van der Waals surface area contributed by atoms with Crippen molar-refractivity contribution in [2.75, 3.05) is 13.7 Å². The van der Waals surface area contributed by atoms with Gasteiger partial charge in [0.2, 0.25) is 11.7 Å². The molecule has 1 unspecified atom stereocenters. The molecule has 0 saturated heterocycles. The fourth-order valence-corrected chi connectivity index (χ4v) is 5.82. The number of imidazole rings is 1. The maximum atomic E-state index is 13.6. The van der Waals surface area contributed by atoms with Crippen LogP contribution >= 0.6 is 11.6 Å². The quantitative estimate of drug-likeness (QED) is 0.257. The van der Waals surface area contributed by atoms with E-state index in [1.165, 1.54) is 42.4 Å². The van der Waals surface area contributed by atoms with Crippen LogP contribution in [-0.2, 0) is 44.6 Å². The molecule has 0 amide bonds. The summed E-state index contributed by atoms with van der Waals surface area (Å²) in [6.45, 7) is 0.375. The molecule has 1 aliphatic heterocycles. The molecule has 1 atom stereocenters. The zero-order valence-corrected chi connectivity index (χ0v) is 24.3. The molecule has 0 bridgehead atoms. The molecular formula is C28H23ClF6N8O2. The minimum Gasteiger partial charge on any atom is -0.481 e. The molecule has 1 N–H and O–H groups in total. The molecule has 0 fully saturated rings. The van der Waals surface area contributed by atoms with Crippen molar-refractivity contribution in [1.29, 1.82) is 0 Å². The maximum absolute atomic E-state index is 13.6. The van der Waals surface area contributed by atoms with E-state index in [0.29, 0.717) is 16.5 Å². The van der Waals surface area contributed by atoms with Gasteiger partial charge in [0.1, 0.15) is 11.5 Å². The van der Waals surface area contributed by atoms with Gasteiger partial charge >= 0.3 is 12.4 Å². The zero-order valence-electron chi connectivity index (χ0n) is 23.5. The Hall–Kier alpha value is -4.28. The van der Waals surface area contributed by atoms with Crippen LogP contribution in [0.2, 0.25) is 5.02 Å². The largest absolute Gasteiger partial charge is 0.481 e. The highest BCUT2D eigenvalue weighted by atomic mass is 35.5. The number of pyridine rings is 2. The minimum absolute atomic E-state index is 0.00809. The normalized spacial score (nSPS) is 15.7. The van der Waals surface area contributed by atoms with Crippen molar-refractivity contribution in [2.24, 2.45) is 7.05 Å². The number of halogens is 7. The molecule has 6 rings (SSSR count). The lowest BCUT2D eigenvalue weighted by molar-refractivity contribution is -0.148. The Labute approximate surface area is 255 Å². The Morgan fingerprint density at radius 3 is 2.42 bits per heavy atom. The van der Waals surface area contributed by atoms with Gasteiger partial charge in [0.25, 0.3) is 0 Å². The zero-order chi connectivity index (χ0) is 32.3. The summed E-state index contributed by atoms with van der Waals surface area (Å²) in [4.78, 5) is 13.8. The number of hydrogen-bond acceptors (Lipinski definition) is 8. The van der Waals surface area contributed by atoms with Crippen molar-refractivity contribution in [1.82, 2.24) is 39.2 Å². The van der Waals surface area contributed by atoms with Gasteiger partial charge in [0.05, 0.1) is 42.4 Å². The van der Waals surface area contributed by atoms with E-state index in [-0.39, 0.29) is 59.7 Å². The van der Waals surface area contributed by atoms with Crippen molar-refractivity contribution >= 4 is 22.5 Å². The van der Waals surface area contributed by atoms with Crippen LogP contribution in [0, 0.1) is 0 Å². The number of aliphatic hydroxyl groups is 1. The van der Waals surface area contributed by atoms with Crippen LogP contribution in [0.3, 0.4) is 0 Å². The van der Waals surface area contributed by atoms with E-state index in [4.69, 9.17) is 16.3 Å². The number of fused-ring (bicyclic) bond motifs is 2. The molecule has 0 aliphatic carbocycles. The third kappa shape index (κ3) is 5.36. The predicted octanol–water partition coefficient (Wildman–Crippen LogP) is 4.95. The molecule has 4 aromatic heterocycles. The van der Waals surface area contributed by atoms with Gasteiger partial charge in [-0.2, -0.15) is 26.3 Å². The van der Waals surface area contributed by atoms with E-state index < -0.39 is 29.5 Å². The lowest BCUT2D eigenvalue weighted by Gasteiger charge is -2.31. The highest BCUT2D eigenvalue weighted by Crippen LogP contribution is 2.42. The van der Waals surface area contributed by atoms with Crippen molar-refractivity contribution in [3.05, 3.63) is 93.8 Å². The van der Waals surface area contributed by atoms with Crippen molar-refractivity contribution in [2.45, 2.75) is 37.6 Å². The lowest BCUT2D eigenvalue weighted by Crippen LogP contribution is -2.35. The van der Waals surface area contributed by atoms with Gasteiger partial charge in [-0.1, -0.05) is 17.7 Å². The summed E-state index contributed by atoms with van der Waals surface area (Å²) in [7, 11) is 2.99. The number of nitrogens with zero attached hydrogens (tertiary/aromatic N) is 8. The Morgan fingerprint density at radius 2 is 1.76 bits per heavy atom. The summed E-state index contributed by atoms with van der Waals surface area (Å²) in [6.07, 6.45) is -5.68. The summed E-state index contributed by atoms with van der Waals surface area (Å²) in [5, 5.41) is 19.8. The first-order valence-electron chi connectivity index (χ1n) is 13.3. The molecule has 17 heteroatoms. The number of aromatic nitrogens is 7. The topological polar surface area (TPSA) is 107 Å². The van der Waals surface area contributed by atoms with Gasteiger partial charge in [-0.25, -0.2) is 9.97 Å². The first-order valence-corrected chi connectivity index (χ1v) is 13.7. The number of hydrogen-bond donors (Lipinski definition) is 1. The smallest absolute Gasteiger partial charge is 0.451 e. The summed E-state index contributed by atoms with van der Waals surface area (Å²) >= 11 is 6.93. The van der Waals surface area contributed by atoms with Gasteiger partial charge in [0.15, 0.2) is 5.60 Å². The summed E-state index contributed by atoms with van der Waals surface area (Å²) in [5.41, 5.74) is -2.29. The fourth-order valence-electron chi connectivity index (χ4n) is 5.53. The number of alkyl halides is 6. The Kier molecular flexibility index (Phi) is 7.48. The van der Waals surface area contributed by atoms with Gasteiger partial charge in [-0.3, -0.25) is 9.88 Å². The van der Waals surface area contributed by atoms with Crippen LogP contribution in [0.5, 0.6) is 5.88 Å². The average Bonchev–Trinajstić information content (AvgIpc) is 3.63. The molecule has 5 aromatic rings. The number of aryl methyl sites for hydroxylation is 1. The third-order valence-corrected chi connectivity index (χ3v) is 8.14. The summed E-state index contributed by atoms with van der Waals surface area (Å²) < 4.78 is 88.8. The van der Waals surface area contributed by atoms with Gasteiger partial charge in [-0.05, 0) is 35.4 Å². The van der Waals surface area contributed by atoms with E-state index in [1.54, 1.807) is 13.1 Å². The second-order valence-electron chi connectivity index (χ2n) is 10.5. The number of methoxy groups -OCH3 is 1. The highest BCUT2D eigenvalue weighted by molar-refractivity contribution is 6.36. The average molecular weight is 653 g/mol. The monoisotopic (exact) mass is 652 g/mol. The molecule has 236 valence electrons. The van der Waals surface area contributed by atoms with Crippen molar-refractivity contribution in [3.8, 4) is 5.88 Å². The van der Waals surface area contributed by atoms with Gasteiger partial charge < -0.3 is 19.0 Å². The Morgan fingerprint density at radius 1 is 1.00 bits per heavy atom. The second-order valence-corrected chi connectivity index (χ2v) is 10.9. The fraction of sp³-hybridized carbons (Fsp3) is 0.321. The predicted molar refractivity (Wildman–Crippen MR) is 147 cm³/mol. The molecule has 10 nitrogen and oxygen atoms in total. The lowest BCUT2D eigenvalue weighted by atomic mass is 9.83. The first-order chi connectivity index (χ1) is 21.2. The maximum Gasteiger partial charge on any atom is 0.451 e. The highest BCUT2D eigenvalue weighted by Gasteiger charge is 2.41. The van der Waals surface area contributed by atoms with E-state index in [0.717, 1.165) is 16.8 Å². The molecule has 0 radical (unpaired) electrons. The van der Waals surface area contributed by atoms with Crippen molar-refractivity contribution < 1.29 is 36.2 Å². The molecule has 45 heavy (non-hydrogen) atoms. The number of ether oxygens (including phenoxy) is 1. The van der Waals surface area contributed by atoms with Crippen LogP contribution in [0.15, 0.2) is 49.1 Å². The second kappa shape index (κ2) is 11.0. The molecular weight excluding hydrogens is 630 g/mol. The van der Waals surface area contributed by atoms with E-state index >= 15 is 0 Å². The van der Waals surface area contributed by atoms with Crippen LogP contribution in [0.4, 0.5) is 26.3 Å². The van der Waals surface area contributed by atoms with Gasteiger partial charge in [-0.15, -0.1) is 10.2 Å². The standard InChI is InChI=1S/C28H23ClF6N8O2/c1-41-14-36-11-21(41)26(44,16-5-6-37-20(10-16)27(30,31)32)15-3-4-19-17(9-15)23(29)18(24(38-19)45-2)12-42-7-8-43-22(13-42)39-40-25(43)28(33,34)35/h3-6,9-11,14,44H,7-8,12-13H2,1-2H3. The number of rotatable bonds is 6. The van der Waals surface area contributed by atoms with Crippen LogP contribution in [0.1, 0.15) is 39.7 Å².